The summed E-state index contributed by atoms with van der Waals surface area (Å²) in [6.07, 6.45) is 9.81. The molecule has 1 aliphatic rings. The Balaban J connectivity index is 2.23. The van der Waals surface area contributed by atoms with Crippen molar-refractivity contribution in [2.45, 2.75) is 71.0 Å². The van der Waals surface area contributed by atoms with Crippen LogP contribution in [-0.4, -0.2) is 19.0 Å². The molecule has 0 bridgehead atoms. The largest absolute Gasteiger partial charge is 0.348 e. The molecule has 0 saturated carbocycles. The van der Waals surface area contributed by atoms with E-state index in [1.807, 2.05) is 0 Å². The summed E-state index contributed by atoms with van der Waals surface area (Å²) in [6.45, 7) is 6.05. The maximum Gasteiger partial charge on any atom is 0.168 e. The molecule has 1 aliphatic heterocycles. The molecule has 1 fully saturated rings. The molecule has 1 saturated heterocycles. The highest BCUT2D eigenvalue weighted by Crippen LogP contribution is 2.31. The van der Waals surface area contributed by atoms with Gasteiger partial charge in [0.15, 0.2) is 5.79 Å². The van der Waals surface area contributed by atoms with E-state index in [1.165, 1.54) is 38.5 Å². The number of hydrogen-bond donors (Lipinski definition) is 0. The molecule has 1 heterocycles. The van der Waals surface area contributed by atoms with E-state index in [-0.39, 0.29) is 5.79 Å². The van der Waals surface area contributed by atoms with Crippen LogP contribution in [0.15, 0.2) is 0 Å². The summed E-state index contributed by atoms with van der Waals surface area (Å²) >= 11 is 0. The van der Waals surface area contributed by atoms with Gasteiger partial charge in [-0.25, -0.2) is 0 Å². The van der Waals surface area contributed by atoms with Gasteiger partial charge in [0.1, 0.15) is 0 Å². The lowest BCUT2D eigenvalue weighted by molar-refractivity contribution is -0.168. The molecule has 2 nitrogen and oxygen atoms in total. The predicted octanol–water partition coefficient (Wildman–Crippen LogP) is 3.89. The van der Waals surface area contributed by atoms with Gasteiger partial charge in [0.25, 0.3) is 0 Å². The molecular weight excluding hydrogens is 188 g/mol. The molecule has 1 rings (SSSR count). The molecule has 0 aromatic heterocycles. The van der Waals surface area contributed by atoms with Crippen LogP contribution in [0.1, 0.15) is 65.2 Å². The highest BCUT2D eigenvalue weighted by atomic mass is 16.7. The Labute approximate surface area is 94.3 Å². The van der Waals surface area contributed by atoms with Crippen LogP contribution in [0, 0.1) is 0 Å². The van der Waals surface area contributed by atoms with Gasteiger partial charge < -0.3 is 9.47 Å². The van der Waals surface area contributed by atoms with Crippen molar-refractivity contribution in [1.29, 1.82) is 0 Å². The summed E-state index contributed by atoms with van der Waals surface area (Å²) in [7, 11) is 0. The molecule has 0 atom stereocenters. The van der Waals surface area contributed by atoms with E-state index in [4.69, 9.17) is 9.47 Å². The van der Waals surface area contributed by atoms with Crippen LogP contribution in [0.25, 0.3) is 0 Å². The quantitative estimate of drug-likeness (QED) is 0.571. The third-order valence-corrected chi connectivity index (χ3v) is 3.14. The maximum absolute atomic E-state index is 5.80. The summed E-state index contributed by atoms with van der Waals surface area (Å²) in [5, 5.41) is 0. The van der Waals surface area contributed by atoms with E-state index in [1.54, 1.807) is 0 Å². The molecular formula is C13H26O2. The normalized spacial score (nSPS) is 19.6. The summed E-state index contributed by atoms with van der Waals surface area (Å²) in [4.78, 5) is 0. The smallest absolute Gasteiger partial charge is 0.168 e. The van der Waals surface area contributed by atoms with Crippen molar-refractivity contribution in [2.24, 2.45) is 0 Å². The molecule has 90 valence electrons. The molecule has 0 radical (unpaired) electrons. The second-order valence-electron chi connectivity index (χ2n) is 4.52. The zero-order valence-electron chi connectivity index (χ0n) is 10.4. The first kappa shape index (κ1) is 13.0. The van der Waals surface area contributed by atoms with Crippen LogP contribution in [0.5, 0.6) is 0 Å². The lowest BCUT2D eigenvalue weighted by atomic mass is 10.0. The van der Waals surface area contributed by atoms with E-state index in [2.05, 4.69) is 13.8 Å². The van der Waals surface area contributed by atoms with Crippen LogP contribution in [0.2, 0.25) is 0 Å². The fourth-order valence-electron chi connectivity index (χ4n) is 2.18. The monoisotopic (exact) mass is 214 g/mol. The lowest BCUT2D eigenvalue weighted by Crippen LogP contribution is -2.29. The third kappa shape index (κ3) is 4.52. The van der Waals surface area contributed by atoms with Crippen LogP contribution in [0.3, 0.4) is 0 Å². The van der Waals surface area contributed by atoms with E-state index >= 15 is 0 Å². The van der Waals surface area contributed by atoms with Crippen molar-refractivity contribution in [3.8, 4) is 0 Å². The third-order valence-electron chi connectivity index (χ3n) is 3.14. The second-order valence-corrected chi connectivity index (χ2v) is 4.52. The molecule has 0 aromatic rings. The topological polar surface area (TPSA) is 18.5 Å². The van der Waals surface area contributed by atoms with Crippen molar-refractivity contribution in [3.05, 3.63) is 0 Å². The van der Waals surface area contributed by atoms with Crippen LogP contribution >= 0.6 is 0 Å². The Morgan fingerprint density at radius 3 is 2.00 bits per heavy atom. The standard InChI is InChI=1S/C13H26O2/c1-3-5-7-8-10-13(9-6-4-2)14-11-12-15-13/h3-12H2,1-2H3. The highest BCUT2D eigenvalue weighted by Gasteiger charge is 2.34. The van der Waals surface area contributed by atoms with Gasteiger partial charge in [-0.1, -0.05) is 39.5 Å². The van der Waals surface area contributed by atoms with Gasteiger partial charge >= 0.3 is 0 Å². The molecule has 0 spiro atoms. The average Bonchev–Trinajstić information content (AvgIpc) is 2.71. The minimum absolute atomic E-state index is 0.205. The van der Waals surface area contributed by atoms with E-state index < -0.39 is 0 Å². The van der Waals surface area contributed by atoms with E-state index in [0.29, 0.717) is 0 Å². The minimum Gasteiger partial charge on any atom is -0.348 e. The van der Waals surface area contributed by atoms with Crippen molar-refractivity contribution in [3.63, 3.8) is 0 Å². The first-order chi connectivity index (χ1) is 7.33. The van der Waals surface area contributed by atoms with Gasteiger partial charge in [0.2, 0.25) is 0 Å². The number of unbranched alkanes of at least 4 members (excludes halogenated alkanes) is 4. The number of ether oxygens (including phenoxy) is 2. The molecule has 0 N–H and O–H groups in total. The van der Waals surface area contributed by atoms with Gasteiger partial charge in [-0.15, -0.1) is 0 Å². The first-order valence-electron chi connectivity index (χ1n) is 6.61. The average molecular weight is 214 g/mol. The van der Waals surface area contributed by atoms with Crippen LogP contribution in [0.4, 0.5) is 0 Å². The molecule has 0 unspecified atom stereocenters. The highest BCUT2D eigenvalue weighted by molar-refractivity contribution is 4.74. The molecule has 0 aromatic carbocycles. The van der Waals surface area contributed by atoms with Gasteiger partial charge in [-0.3, -0.25) is 0 Å². The second kappa shape index (κ2) is 7.24. The first-order valence-corrected chi connectivity index (χ1v) is 6.61. The maximum atomic E-state index is 5.80. The molecule has 15 heavy (non-hydrogen) atoms. The zero-order valence-corrected chi connectivity index (χ0v) is 10.4. The Bertz CT molecular complexity index is 151. The van der Waals surface area contributed by atoms with E-state index in [9.17, 15) is 0 Å². The van der Waals surface area contributed by atoms with Gasteiger partial charge in [0, 0.05) is 12.8 Å². The van der Waals surface area contributed by atoms with Crippen molar-refractivity contribution in [2.75, 3.05) is 13.2 Å². The summed E-state index contributed by atoms with van der Waals surface area (Å²) in [6, 6.07) is 0. The van der Waals surface area contributed by atoms with Gasteiger partial charge in [0.05, 0.1) is 13.2 Å². The van der Waals surface area contributed by atoms with E-state index in [0.717, 1.165) is 26.1 Å². The predicted molar refractivity (Wildman–Crippen MR) is 62.9 cm³/mol. The van der Waals surface area contributed by atoms with Crippen LogP contribution in [-0.2, 0) is 9.47 Å². The SMILES string of the molecule is CCCCCCC1(CCCC)OCCO1. The Kier molecular flexibility index (Phi) is 6.26. The Morgan fingerprint density at radius 1 is 0.800 bits per heavy atom. The molecule has 0 amide bonds. The zero-order chi connectivity index (χ0) is 11.0. The Hall–Kier alpha value is -0.0800. The molecule has 0 aliphatic carbocycles. The van der Waals surface area contributed by atoms with Gasteiger partial charge in [-0.2, -0.15) is 0 Å². The fourth-order valence-corrected chi connectivity index (χ4v) is 2.18. The van der Waals surface area contributed by atoms with Crippen molar-refractivity contribution in [1.82, 2.24) is 0 Å². The molecule has 2 heteroatoms. The van der Waals surface area contributed by atoms with Gasteiger partial charge in [-0.05, 0) is 12.8 Å². The van der Waals surface area contributed by atoms with Crippen molar-refractivity contribution >= 4 is 0 Å². The summed E-state index contributed by atoms with van der Waals surface area (Å²) < 4.78 is 11.6. The van der Waals surface area contributed by atoms with Crippen LogP contribution < -0.4 is 0 Å². The Morgan fingerprint density at radius 2 is 1.40 bits per heavy atom. The van der Waals surface area contributed by atoms with Crippen molar-refractivity contribution < 1.29 is 9.47 Å². The summed E-state index contributed by atoms with van der Waals surface area (Å²) in [5.74, 6) is -0.205. The fraction of sp³-hybridized carbons (Fsp3) is 1.00. The number of hydrogen-bond acceptors (Lipinski definition) is 2. The minimum atomic E-state index is -0.205. The number of rotatable bonds is 8. The lowest BCUT2D eigenvalue weighted by Gasteiger charge is -2.27. The summed E-state index contributed by atoms with van der Waals surface area (Å²) in [5.41, 5.74) is 0.